The molecule has 0 fully saturated rings. The van der Waals surface area contributed by atoms with Gasteiger partial charge in [-0.15, -0.1) is 11.3 Å². The highest BCUT2D eigenvalue weighted by atomic mass is 32.4. The zero-order chi connectivity index (χ0) is 30.7. The van der Waals surface area contributed by atoms with E-state index in [1.54, 1.807) is 30.0 Å². The molecule has 8 aromatic rings. The van der Waals surface area contributed by atoms with E-state index in [1.807, 2.05) is 30.6 Å². The molecule has 3 N–H and O–H groups in total. The number of rotatable bonds is 7. The number of thiophene rings is 1. The van der Waals surface area contributed by atoms with Gasteiger partial charge in [-0.1, -0.05) is 69.0 Å². The molecular weight excluding hydrogens is 609 g/mol. The average Bonchev–Trinajstić information content (AvgIpc) is 3.96. The van der Waals surface area contributed by atoms with E-state index in [4.69, 9.17) is 14.4 Å². The van der Waals surface area contributed by atoms with E-state index in [0.29, 0.717) is 5.82 Å². The smallest absolute Gasteiger partial charge is 0.157 e. The van der Waals surface area contributed by atoms with Gasteiger partial charge in [-0.25, -0.2) is 9.98 Å². The second kappa shape index (κ2) is 9.43. The molecule has 0 bridgehead atoms. The first-order chi connectivity index (χ1) is 22.8. The van der Waals surface area contributed by atoms with Crippen LogP contribution in [0, 0.1) is 0 Å². The van der Waals surface area contributed by atoms with Gasteiger partial charge in [0.2, 0.25) is 0 Å². The molecule has 9 rings (SSSR count). The topological polar surface area (TPSA) is 98.6 Å². The predicted molar refractivity (Wildman–Crippen MR) is 185 cm³/mol. The van der Waals surface area contributed by atoms with Crippen LogP contribution in [0.2, 0.25) is 0 Å². The number of fused-ring (bicyclic) bond motifs is 1. The van der Waals surface area contributed by atoms with Gasteiger partial charge < -0.3 is 14.4 Å². The highest BCUT2D eigenvalue weighted by Crippen LogP contribution is 3.14. The monoisotopic (exact) mass is 636 g/mol. The Bertz CT molecular complexity index is 2350. The fraction of sp³-hybridized carbons (Fsp3) is 0. The molecule has 46 heavy (non-hydrogen) atoms. The number of aliphatic imine (C=N–C) groups is 1. The van der Waals surface area contributed by atoms with Crippen LogP contribution in [-0.4, -0.2) is 30.2 Å². The Hall–Kier alpha value is -5.64. The van der Waals surface area contributed by atoms with Gasteiger partial charge in [0.25, 0.3) is 0 Å². The van der Waals surface area contributed by atoms with Gasteiger partial charge in [-0.05, 0) is 70.7 Å². The molecule has 6 heterocycles. The number of furan rings is 1. The highest BCUT2D eigenvalue weighted by Gasteiger charge is 2.79. The number of nitrogens with zero attached hydrogens (tertiary/aromatic N) is 3. The van der Waals surface area contributed by atoms with Crippen LogP contribution in [0.25, 0.3) is 21.4 Å². The van der Waals surface area contributed by atoms with Crippen molar-refractivity contribution in [3.05, 3.63) is 169 Å². The summed E-state index contributed by atoms with van der Waals surface area (Å²) in [6.45, 7) is 0. The first kappa shape index (κ1) is 26.7. The Morgan fingerprint density at radius 3 is 2.33 bits per heavy atom. The van der Waals surface area contributed by atoms with Crippen LogP contribution in [0.4, 0.5) is 0 Å². The van der Waals surface area contributed by atoms with E-state index in [0.717, 1.165) is 56.9 Å². The molecule has 224 valence electrons. The van der Waals surface area contributed by atoms with Gasteiger partial charge in [-0.2, -0.15) is 5.10 Å². The van der Waals surface area contributed by atoms with Gasteiger partial charge in [0.1, 0.15) is 15.8 Å². The summed E-state index contributed by atoms with van der Waals surface area (Å²) in [5.74, 6) is 0.656. The average molecular weight is 637 g/mol. The van der Waals surface area contributed by atoms with E-state index in [2.05, 4.69) is 123 Å². The highest BCUT2D eigenvalue weighted by molar-refractivity contribution is 8.81. The molecule has 7 nitrogen and oxygen atoms in total. The Balaban J connectivity index is 1.76. The van der Waals surface area contributed by atoms with Crippen molar-refractivity contribution in [3.8, 4) is 0 Å². The molecule has 0 saturated carbocycles. The van der Waals surface area contributed by atoms with E-state index < -0.39 is 8.29 Å². The molecule has 0 spiro atoms. The number of imidazole rings is 1. The van der Waals surface area contributed by atoms with E-state index in [9.17, 15) is 0 Å². The number of aromatic amines is 3. The number of benzene rings is 3. The first-order valence-electron chi connectivity index (χ1n) is 14.9. The van der Waals surface area contributed by atoms with Crippen LogP contribution in [0.15, 0.2) is 180 Å². The lowest BCUT2D eigenvalue weighted by molar-refractivity contribution is 0.466. The van der Waals surface area contributed by atoms with Crippen molar-refractivity contribution in [2.75, 3.05) is 0 Å². The Labute approximate surface area is 267 Å². The third-order valence-corrected chi connectivity index (χ3v) is 19.5. The summed E-state index contributed by atoms with van der Waals surface area (Å²) in [5.41, 5.74) is 2.42. The molecule has 0 saturated heterocycles. The molecule has 0 atom stereocenters. The number of H-pyrrole nitrogens is 3. The van der Waals surface area contributed by atoms with Crippen molar-refractivity contribution < 1.29 is 4.42 Å². The standard InChI is InChI=1S/C37H28N6OS2/c1-2-12-27(13-3-1)46(32-17-8-24-44-32,33-18-9-25-45-33,31-16-6-11-26-10-4-5-14-28(26)31)35(29-15-7-20-38-29)34(36-39-22-23-40-36)42-37(46)30-19-21-41-43-30/h1-25,38H,(H,39,40)(H,41,43). The number of nitrogens with one attached hydrogen (secondary N) is 3. The van der Waals surface area contributed by atoms with E-state index >= 15 is 0 Å². The van der Waals surface area contributed by atoms with E-state index in [-0.39, 0.29) is 0 Å². The summed E-state index contributed by atoms with van der Waals surface area (Å²) < 4.78 is 8.09. The van der Waals surface area contributed by atoms with Crippen LogP contribution in [-0.2, 0) is 0 Å². The van der Waals surface area contributed by atoms with Crippen molar-refractivity contribution in [3.63, 3.8) is 0 Å². The molecule has 9 heteroatoms. The predicted octanol–water partition coefficient (Wildman–Crippen LogP) is 9.67. The summed E-state index contributed by atoms with van der Waals surface area (Å²) in [4.78, 5) is 20.8. The second-order valence-corrected chi connectivity index (χ2v) is 18.1. The van der Waals surface area contributed by atoms with Crippen LogP contribution < -0.4 is 0 Å². The van der Waals surface area contributed by atoms with Crippen molar-refractivity contribution in [1.29, 1.82) is 0 Å². The molecule has 0 unspecified atom stereocenters. The minimum Gasteiger partial charge on any atom is -0.459 e. The Morgan fingerprint density at radius 2 is 1.59 bits per heavy atom. The SMILES string of the molecule is c1ccc(S2(c3ccco3)(c3cccs3)(c3cccc4ccccc34)C(c3ccn[nH]3)=NC(c3ncc[nH]3)=C2c2ccc[nH]2)cc1. The summed E-state index contributed by atoms with van der Waals surface area (Å²) in [6.07, 6.45) is 9.16. The van der Waals surface area contributed by atoms with Crippen molar-refractivity contribution >= 4 is 46.0 Å². The van der Waals surface area contributed by atoms with Gasteiger partial charge >= 0.3 is 0 Å². The van der Waals surface area contributed by atoms with Crippen LogP contribution >= 0.6 is 19.6 Å². The number of hydrogen-bond acceptors (Lipinski definition) is 5. The lowest BCUT2D eigenvalue weighted by Gasteiger charge is -2.76. The molecule has 5 aromatic heterocycles. The van der Waals surface area contributed by atoms with Gasteiger partial charge in [-0.3, -0.25) is 5.10 Å². The molecule has 1 aliphatic rings. The lowest BCUT2D eigenvalue weighted by atomic mass is 10.1. The van der Waals surface area contributed by atoms with Crippen molar-refractivity contribution in [2.24, 2.45) is 4.99 Å². The minimum atomic E-state index is -4.94. The normalized spacial score (nSPS) is 18.0. The zero-order valence-electron chi connectivity index (χ0n) is 24.5. The molecule has 0 radical (unpaired) electrons. The maximum Gasteiger partial charge on any atom is 0.157 e. The number of aromatic nitrogens is 5. The lowest BCUT2D eigenvalue weighted by Crippen LogP contribution is -2.44. The Kier molecular flexibility index (Phi) is 5.48. The molecule has 3 aromatic carbocycles. The summed E-state index contributed by atoms with van der Waals surface area (Å²) in [6, 6.07) is 40.7. The fourth-order valence-corrected chi connectivity index (χ4v) is 19.3. The van der Waals surface area contributed by atoms with Crippen molar-refractivity contribution in [2.45, 2.75) is 19.1 Å². The van der Waals surface area contributed by atoms with Crippen LogP contribution in [0.1, 0.15) is 17.2 Å². The van der Waals surface area contributed by atoms with Gasteiger partial charge in [0.15, 0.2) is 5.82 Å². The molecule has 0 aliphatic carbocycles. The van der Waals surface area contributed by atoms with Crippen molar-refractivity contribution in [1.82, 2.24) is 25.1 Å². The minimum absolute atomic E-state index is 0.656. The molecule has 1 aliphatic heterocycles. The van der Waals surface area contributed by atoms with E-state index in [1.165, 1.54) is 0 Å². The second-order valence-electron chi connectivity index (χ2n) is 11.3. The van der Waals surface area contributed by atoms with Crippen LogP contribution in [0.5, 0.6) is 0 Å². The summed E-state index contributed by atoms with van der Waals surface area (Å²) >= 11 is 1.71. The third kappa shape index (κ3) is 2.80. The van der Waals surface area contributed by atoms with Gasteiger partial charge in [0.05, 0.1) is 26.8 Å². The third-order valence-electron chi connectivity index (χ3n) is 9.35. The fourth-order valence-electron chi connectivity index (χ4n) is 7.76. The molecule has 0 amide bonds. The quantitative estimate of drug-likeness (QED) is 0.162. The summed E-state index contributed by atoms with van der Waals surface area (Å²) in [7, 11) is -4.94. The molecular formula is C37H28N6OS2. The first-order valence-corrected chi connectivity index (χ1v) is 18.2. The number of hydrogen-bond donors (Lipinski definition) is 3. The van der Waals surface area contributed by atoms with Gasteiger partial charge in [0, 0.05) is 34.6 Å². The maximum atomic E-state index is 7.00. The Morgan fingerprint density at radius 1 is 0.696 bits per heavy atom. The summed E-state index contributed by atoms with van der Waals surface area (Å²) in [5, 5.41) is 13.8. The largest absolute Gasteiger partial charge is 0.459 e. The van der Waals surface area contributed by atoms with Crippen LogP contribution in [0.3, 0.4) is 0 Å². The maximum absolute atomic E-state index is 7.00. The zero-order valence-corrected chi connectivity index (χ0v) is 26.1.